The fraction of sp³-hybridized carbons (Fsp3) is 0.455. The van der Waals surface area contributed by atoms with Crippen LogP contribution in [0.25, 0.3) is 0 Å². The largest absolute Gasteiger partial charge is 0.294 e. The van der Waals surface area contributed by atoms with E-state index in [0.29, 0.717) is 12.0 Å². The van der Waals surface area contributed by atoms with Crippen molar-refractivity contribution in [3.8, 4) is 6.07 Å². The van der Waals surface area contributed by atoms with Crippen molar-refractivity contribution in [1.29, 1.82) is 5.26 Å². The van der Waals surface area contributed by atoms with Crippen molar-refractivity contribution >= 4 is 28.5 Å². The quantitative estimate of drug-likeness (QED) is 0.593. The minimum Gasteiger partial charge on any atom is -0.294 e. The number of halogens is 1. The van der Waals surface area contributed by atoms with Crippen molar-refractivity contribution in [2.45, 2.75) is 19.8 Å². The van der Waals surface area contributed by atoms with Gasteiger partial charge in [-0.15, -0.1) is 0 Å². The smallest absolute Gasteiger partial charge is 0.230 e. The molecule has 0 saturated heterocycles. The van der Waals surface area contributed by atoms with E-state index in [1.54, 1.807) is 12.4 Å². The topological polar surface area (TPSA) is 44.1 Å². The van der Waals surface area contributed by atoms with Gasteiger partial charge >= 0.3 is 0 Å². The van der Waals surface area contributed by atoms with Crippen LogP contribution in [0.3, 0.4) is 0 Å². The van der Waals surface area contributed by atoms with Crippen LogP contribution in [-0.4, -0.2) is 15.2 Å². The summed E-state index contributed by atoms with van der Waals surface area (Å²) in [4.78, 5) is 13.2. The summed E-state index contributed by atoms with van der Waals surface area (Å²) in [5, 5.41) is 8.85. The predicted octanol–water partition coefficient (Wildman–Crippen LogP) is 2.60. The number of nitrogens with zero attached hydrogens (tertiary/aromatic N) is 2. The Bertz CT molecular complexity index is 341. The van der Waals surface area contributed by atoms with Gasteiger partial charge in [0.15, 0.2) is 0 Å². The second kappa shape index (κ2) is 5.91. The maximum absolute atomic E-state index is 11.6. The van der Waals surface area contributed by atoms with Crippen LogP contribution in [-0.2, 0) is 4.79 Å². The Balaban J connectivity index is 2.65. The van der Waals surface area contributed by atoms with E-state index in [2.05, 4.69) is 28.7 Å². The highest BCUT2D eigenvalue weighted by Gasteiger charge is 2.16. The molecule has 1 heterocycles. The molecule has 0 aromatic rings. The van der Waals surface area contributed by atoms with Crippen molar-refractivity contribution in [3.05, 3.63) is 24.0 Å². The molecule has 15 heavy (non-hydrogen) atoms. The summed E-state index contributed by atoms with van der Waals surface area (Å²) in [6.07, 6.45) is 6.69. The molecule has 0 aromatic carbocycles. The molecule has 1 atom stereocenters. The Morgan fingerprint density at radius 2 is 2.47 bits per heavy atom. The standard InChI is InChI=1S/C11H13IN2O/c1-9-4-6-14(8-10(9)7-13)11(15)3-2-5-12/h4,6,8-9H,2-3,5H2,1H3. The highest BCUT2D eigenvalue weighted by Crippen LogP contribution is 2.18. The minimum atomic E-state index is 0.0579. The van der Waals surface area contributed by atoms with Crippen molar-refractivity contribution in [2.24, 2.45) is 5.92 Å². The minimum absolute atomic E-state index is 0.0579. The fourth-order valence-electron chi connectivity index (χ4n) is 1.27. The van der Waals surface area contributed by atoms with E-state index in [1.807, 2.05) is 13.0 Å². The van der Waals surface area contributed by atoms with Crippen LogP contribution in [0.4, 0.5) is 0 Å². The Morgan fingerprint density at radius 1 is 1.73 bits per heavy atom. The van der Waals surface area contributed by atoms with Crippen LogP contribution in [0.15, 0.2) is 24.0 Å². The molecule has 1 aliphatic rings. The first kappa shape index (κ1) is 12.2. The van der Waals surface area contributed by atoms with E-state index in [9.17, 15) is 4.79 Å². The van der Waals surface area contributed by atoms with E-state index in [4.69, 9.17) is 5.26 Å². The van der Waals surface area contributed by atoms with E-state index < -0.39 is 0 Å². The van der Waals surface area contributed by atoms with Gasteiger partial charge in [0.05, 0.1) is 11.6 Å². The Labute approximate surface area is 104 Å². The number of alkyl halides is 1. The first-order valence-electron chi connectivity index (χ1n) is 4.86. The lowest BCUT2D eigenvalue weighted by Gasteiger charge is -2.20. The zero-order chi connectivity index (χ0) is 11.3. The molecule has 0 saturated carbocycles. The average Bonchev–Trinajstić information content (AvgIpc) is 2.26. The molecular formula is C11H13IN2O. The predicted molar refractivity (Wildman–Crippen MR) is 67.0 cm³/mol. The van der Waals surface area contributed by atoms with Crippen LogP contribution < -0.4 is 0 Å². The van der Waals surface area contributed by atoms with Gasteiger partial charge in [-0.05, 0) is 6.42 Å². The molecule has 4 heteroatoms. The molecule has 0 aliphatic carbocycles. The third kappa shape index (κ3) is 3.34. The number of hydrogen-bond donors (Lipinski definition) is 0. The van der Waals surface area contributed by atoms with E-state index in [1.165, 1.54) is 4.90 Å². The Hall–Kier alpha value is -0.830. The molecule has 3 nitrogen and oxygen atoms in total. The van der Waals surface area contributed by atoms with Gasteiger partial charge in [0.25, 0.3) is 0 Å². The van der Waals surface area contributed by atoms with Crippen molar-refractivity contribution in [2.75, 3.05) is 4.43 Å². The molecule has 0 bridgehead atoms. The molecule has 80 valence electrons. The van der Waals surface area contributed by atoms with Gasteiger partial charge in [0.2, 0.25) is 5.91 Å². The summed E-state index contributed by atoms with van der Waals surface area (Å²) in [5.74, 6) is 0.172. The van der Waals surface area contributed by atoms with Crippen molar-refractivity contribution in [3.63, 3.8) is 0 Å². The van der Waals surface area contributed by atoms with Gasteiger partial charge in [-0.1, -0.05) is 35.6 Å². The lowest BCUT2D eigenvalue weighted by molar-refractivity contribution is -0.126. The monoisotopic (exact) mass is 316 g/mol. The molecule has 0 fully saturated rings. The van der Waals surface area contributed by atoms with Gasteiger partial charge < -0.3 is 0 Å². The maximum atomic E-state index is 11.6. The van der Waals surface area contributed by atoms with Gasteiger partial charge in [-0.25, -0.2) is 0 Å². The summed E-state index contributed by atoms with van der Waals surface area (Å²) in [5.41, 5.74) is 0.639. The summed E-state index contributed by atoms with van der Waals surface area (Å²) < 4.78 is 0.978. The zero-order valence-corrected chi connectivity index (χ0v) is 10.8. The summed E-state index contributed by atoms with van der Waals surface area (Å²) in [6.45, 7) is 1.94. The van der Waals surface area contributed by atoms with Crippen LogP contribution >= 0.6 is 22.6 Å². The second-order valence-corrected chi connectivity index (χ2v) is 4.50. The van der Waals surface area contributed by atoms with Gasteiger partial charge in [-0.2, -0.15) is 5.26 Å². The van der Waals surface area contributed by atoms with Crippen LogP contribution in [0.2, 0.25) is 0 Å². The summed E-state index contributed by atoms with van der Waals surface area (Å²) in [7, 11) is 0. The molecule has 1 unspecified atom stereocenters. The SMILES string of the molecule is CC1C=CN(C(=O)CCCI)C=C1C#N. The molecular weight excluding hydrogens is 303 g/mol. The number of carbonyl (C=O) groups excluding carboxylic acids is 1. The van der Waals surface area contributed by atoms with Crippen LogP contribution in [0.1, 0.15) is 19.8 Å². The Kier molecular flexibility index (Phi) is 4.82. The molecule has 0 aromatic heterocycles. The molecule has 0 N–H and O–H groups in total. The Morgan fingerprint density at radius 3 is 3.07 bits per heavy atom. The van der Waals surface area contributed by atoms with Gasteiger partial charge in [-0.3, -0.25) is 9.69 Å². The number of rotatable bonds is 3. The highest BCUT2D eigenvalue weighted by atomic mass is 127. The van der Waals surface area contributed by atoms with E-state index in [-0.39, 0.29) is 11.8 Å². The normalized spacial score (nSPS) is 19.7. The number of allylic oxidation sites excluding steroid dienone is 2. The van der Waals surface area contributed by atoms with Crippen LogP contribution in [0.5, 0.6) is 0 Å². The lowest BCUT2D eigenvalue weighted by atomic mass is 10.0. The molecule has 1 rings (SSSR count). The first-order valence-corrected chi connectivity index (χ1v) is 6.39. The number of hydrogen-bond acceptors (Lipinski definition) is 2. The molecule has 1 amide bonds. The third-order valence-electron chi connectivity index (χ3n) is 2.25. The zero-order valence-electron chi connectivity index (χ0n) is 8.61. The lowest BCUT2D eigenvalue weighted by Crippen LogP contribution is -2.23. The number of amides is 1. The summed E-state index contributed by atoms with van der Waals surface area (Å²) >= 11 is 2.25. The second-order valence-electron chi connectivity index (χ2n) is 3.42. The highest BCUT2D eigenvalue weighted by molar-refractivity contribution is 14.1. The number of carbonyl (C=O) groups is 1. The van der Waals surface area contributed by atoms with Gasteiger partial charge in [0.1, 0.15) is 0 Å². The maximum Gasteiger partial charge on any atom is 0.230 e. The number of nitriles is 1. The van der Waals surface area contributed by atoms with Crippen molar-refractivity contribution in [1.82, 2.24) is 4.90 Å². The third-order valence-corrected chi connectivity index (χ3v) is 3.01. The van der Waals surface area contributed by atoms with E-state index >= 15 is 0 Å². The average molecular weight is 316 g/mol. The van der Waals surface area contributed by atoms with Gasteiger partial charge in [0, 0.05) is 29.2 Å². The summed E-state index contributed by atoms with van der Waals surface area (Å²) in [6, 6.07) is 2.11. The fourth-order valence-corrected chi connectivity index (χ4v) is 1.65. The molecule has 0 radical (unpaired) electrons. The van der Waals surface area contributed by atoms with E-state index in [0.717, 1.165) is 10.8 Å². The molecule has 1 aliphatic heterocycles. The first-order chi connectivity index (χ1) is 7.19. The van der Waals surface area contributed by atoms with Crippen molar-refractivity contribution < 1.29 is 4.79 Å². The van der Waals surface area contributed by atoms with Crippen LogP contribution in [0, 0.1) is 17.2 Å². The molecule has 0 spiro atoms.